The normalized spacial score (nSPS) is 26.7. The number of carbonyl (C=O) groups excluding carboxylic acids is 1. The van der Waals surface area contributed by atoms with Gasteiger partial charge in [-0.05, 0) is 33.7 Å². The van der Waals surface area contributed by atoms with Gasteiger partial charge in [0.1, 0.15) is 5.54 Å². The lowest BCUT2D eigenvalue weighted by molar-refractivity contribution is -0.147. The van der Waals surface area contributed by atoms with E-state index < -0.39 is 5.54 Å². The van der Waals surface area contributed by atoms with Crippen LogP contribution in [0.5, 0.6) is 0 Å². The van der Waals surface area contributed by atoms with Gasteiger partial charge in [0.2, 0.25) is 0 Å². The van der Waals surface area contributed by atoms with Crippen LogP contribution in [-0.4, -0.2) is 67.2 Å². The fraction of sp³-hybridized carbons (Fsp3) is 0.929. The van der Waals surface area contributed by atoms with E-state index in [2.05, 4.69) is 30.7 Å². The molecule has 0 bridgehead atoms. The predicted octanol–water partition coefficient (Wildman–Crippen LogP) is 0.681. The number of carbonyl (C=O) groups is 1. The van der Waals surface area contributed by atoms with Gasteiger partial charge in [-0.15, -0.1) is 0 Å². The standard InChI is InChI=1S/C14H29N3O2/c1-6-12-10-17(8-7-16(12)4)11(2)9-14(3,15)13(18)19-5/h11-12H,6-10,15H2,1-5H3. The highest BCUT2D eigenvalue weighted by Crippen LogP contribution is 2.19. The Bertz CT molecular complexity index is 307. The average Bonchev–Trinajstić information content (AvgIpc) is 2.37. The topological polar surface area (TPSA) is 58.8 Å². The zero-order chi connectivity index (χ0) is 14.6. The molecule has 0 aromatic carbocycles. The number of ether oxygens (including phenoxy) is 1. The minimum Gasteiger partial charge on any atom is -0.468 e. The Morgan fingerprint density at radius 2 is 2.16 bits per heavy atom. The molecule has 0 spiro atoms. The van der Waals surface area contributed by atoms with Crippen LogP contribution in [0.1, 0.15) is 33.6 Å². The summed E-state index contributed by atoms with van der Waals surface area (Å²) in [5, 5.41) is 0. The second-order valence-electron chi connectivity index (χ2n) is 6.00. The van der Waals surface area contributed by atoms with Crippen LogP contribution >= 0.6 is 0 Å². The van der Waals surface area contributed by atoms with Crippen LogP contribution in [0.25, 0.3) is 0 Å². The number of likely N-dealkylation sites (N-methyl/N-ethyl adjacent to an activating group) is 1. The molecule has 0 aliphatic carbocycles. The molecule has 5 heteroatoms. The van der Waals surface area contributed by atoms with Gasteiger partial charge in [-0.25, -0.2) is 0 Å². The Labute approximate surface area is 117 Å². The molecule has 1 aliphatic heterocycles. The maximum absolute atomic E-state index is 11.7. The molecule has 19 heavy (non-hydrogen) atoms. The third-order valence-electron chi connectivity index (χ3n) is 4.27. The Morgan fingerprint density at radius 3 is 2.68 bits per heavy atom. The van der Waals surface area contributed by atoms with Gasteiger partial charge in [0.05, 0.1) is 7.11 Å². The van der Waals surface area contributed by atoms with E-state index in [1.54, 1.807) is 6.92 Å². The molecule has 0 amide bonds. The minimum absolute atomic E-state index is 0.289. The summed E-state index contributed by atoms with van der Waals surface area (Å²) in [5.74, 6) is -0.333. The quantitative estimate of drug-likeness (QED) is 0.745. The first-order valence-corrected chi connectivity index (χ1v) is 7.13. The molecule has 0 aromatic heterocycles. The van der Waals surface area contributed by atoms with E-state index in [0.717, 1.165) is 26.1 Å². The van der Waals surface area contributed by atoms with Gasteiger partial charge in [-0.1, -0.05) is 6.92 Å². The molecule has 1 fully saturated rings. The molecule has 0 saturated carbocycles. The van der Waals surface area contributed by atoms with Gasteiger partial charge >= 0.3 is 5.97 Å². The smallest absolute Gasteiger partial charge is 0.325 e. The van der Waals surface area contributed by atoms with Crippen LogP contribution in [0.3, 0.4) is 0 Å². The zero-order valence-corrected chi connectivity index (χ0v) is 13.0. The monoisotopic (exact) mass is 271 g/mol. The van der Waals surface area contributed by atoms with Crippen LogP contribution in [0, 0.1) is 0 Å². The first-order chi connectivity index (χ1) is 8.81. The summed E-state index contributed by atoms with van der Waals surface area (Å²) in [6.07, 6.45) is 1.77. The van der Waals surface area contributed by atoms with Crippen LogP contribution in [-0.2, 0) is 9.53 Å². The largest absolute Gasteiger partial charge is 0.468 e. The second-order valence-corrected chi connectivity index (χ2v) is 6.00. The van der Waals surface area contributed by atoms with Gasteiger partial charge in [0, 0.05) is 31.7 Å². The second kappa shape index (κ2) is 6.68. The van der Waals surface area contributed by atoms with E-state index >= 15 is 0 Å². The van der Waals surface area contributed by atoms with Crippen molar-refractivity contribution in [3.63, 3.8) is 0 Å². The SMILES string of the molecule is CCC1CN(C(C)CC(C)(N)C(=O)OC)CCN1C. The Kier molecular flexibility index (Phi) is 5.77. The number of rotatable bonds is 5. The summed E-state index contributed by atoms with van der Waals surface area (Å²) in [4.78, 5) is 16.5. The van der Waals surface area contributed by atoms with Crippen molar-refractivity contribution >= 4 is 5.97 Å². The number of esters is 1. The van der Waals surface area contributed by atoms with Crippen molar-refractivity contribution in [1.29, 1.82) is 0 Å². The van der Waals surface area contributed by atoms with Crippen molar-refractivity contribution < 1.29 is 9.53 Å². The van der Waals surface area contributed by atoms with Crippen molar-refractivity contribution in [3.8, 4) is 0 Å². The van der Waals surface area contributed by atoms with Crippen LogP contribution in [0.4, 0.5) is 0 Å². The molecule has 3 unspecified atom stereocenters. The third-order valence-corrected chi connectivity index (χ3v) is 4.27. The Hall–Kier alpha value is -0.650. The van der Waals surface area contributed by atoms with Crippen molar-refractivity contribution in [2.75, 3.05) is 33.8 Å². The van der Waals surface area contributed by atoms with E-state index in [-0.39, 0.29) is 12.0 Å². The Balaban J connectivity index is 2.58. The third kappa shape index (κ3) is 4.16. The van der Waals surface area contributed by atoms with Gasteiger partial charge in [0.25, 0.3) is 0 Å². The number of nitrogens with zero attached hydrogens (tertiary/aromatic N) is 2. The van der Waals surface area contributed by atoms with Crippen molar-refractivity contribution in [2.45, 2.75) is 51.2 Å². The summed E-state index contributed by atoms with van der Waals surface area (Å²) in [6, 6.07) is 0.884. The number of methoxy groups -OCH3 is 1. The number of piperazine rings is 1. The molecule has 2 N–H and O–H groups in total. The highest BCUT2D eigenvalue weighted by Gasteiger charge is 2.34. The van der Waals surface area contributed by atoms with Crippen LogP contribution < -0.4 is 5.73 Å². The Morgan fingerprint density at radius 1 is 1.53 bits per heavy atom. The van der Waals surface area contributed by atoms with Crippen LogP contribution in [0.2, 0.25) is 0 Å². The van der Waals surface area contributed by atoms with Crippen molar-refractivity contribution in [3.05, 3.63) is 0 Å². The zero-order valence-electron chi connectivity index (χ0n) is 13.0. The highest BCUT2D eigenvalue weighted by molar-refractivity contribution is 5.79. The molecule has 0 aromatic rings. The molecule has 1 aliphatic rings. The first kappa shape index (κ1) is 16.4. The summed E-state index contributed by atoms with van der Waals surface area (Å²) in [5.41, 5.74) is 5.16. The number of hydrogen-bond acceptors (Lipinski definition) is 5. The van der Waals surface area contributed by atoms with Gasteiger partial charge in [-0.3, -0.25) is 9.69 Å². The van der Waals surface area contributed by atoms with Crippen LogP contribution in [0.15, 0.2) is 0 Å². The average molecular weight is 271 g/mol. The summed E-state index contributed by atoms with van der Waals surface area (Å²) < 4.78 is 4.77. The lowest BCUT2D eigenvalue weighted by atomic mass is 9.93. The molecule has 5 nitrogen and oxygen atoms in total. The molecule has 1 saturated heterocycles. The fourth-order valence-electron chi connectivity index (χ4n) is 2.87. The maximum Gasteiger partial charge on any atom is 0.325 e. The summed E-state index contributed by atoms with van der Waals surface area (Å²) in [7, 11) is 3.57. The molecular weight excluding hydrogens is 242 g/mol. The molecule has 112 valence electrons. The van der Waals surface area contributed by atoms with E-state index in [4.69, 9.17) is 10.5 Å². The van der Waals surface area contributed by atoms with E-state index in [1.807, 2.05) is 0 Å². The number of hydrogen-bond donors (Lipinski definition) is 1. The van der Waals surface area contributed by atoms with Crippen molar-refractivity contribution in [2.24, 2.45) is 5.73 Å². The van der Waals surface area contributed by atoms with Gasteiger partial charge in [0.15, 0.2) is 0 Å². The highest BCUT2D eigenvalue weighted by atomic mass is 16.5. The minimum atomic E-state index is -0.904. The molecular formula is C14H29N3O2. The molecule has 1 heterocycles. The lowest BCUT2D eigenvalue weighted by Gasteiger charge is -2.43. The van der Waals surface area contributed by atoms with Crippen molar-refractivity contribution in [1.82, 2.24) is 9.80 Å². The molecule has 1 rings (SSSR count). The first-order valence-electron chi connectivity index (χ1n) is 7.13. The number of nitrogens with two attached hydrogens (primary N) is 1. The molecule has 3 atom stereocenters. The van der Waals surface area contributed by atoms with Gasteiger partial charge in [-0.2, -0.15) is 0 Å². The lowest BCUT2D eigenvalue weighted by Crippen LogP contribution is -2.57. The van der Waals surface area contributed by atoms with Gasteiger partial charge < -0.3 is 15.4 Å². The maximum atomic E-state index is 11.7. The fourth-order valence-corrected chi connectivity index (χ4v) is 2.87. The summed E-state index contributed by atoms with van der Waals surface area (Å²) in [6.45, 7) is 9.27. The molecule has 0 radical (unpaired) electrons. The van der Waals surface area contributed by atoms with E-state index in [0.29, 0.717) is 12.5 Å². The van der Waals surface area contributed by atoms with E-state index in [1.165, 1.54) is 7.11 Å². The predicted molar refractivity (Wildman–Crippen MR) is 77.0 cm³/mol. The summed E-state index contributed by atoms with van der Waals surface area (Å²) >= 11 is 0. The van der Waals surface area contributed by atoms with E-state index in [9.17, 15) is 4.79 Å².